The Morgan fingerprint density at radius 3 is 2.10 bits per heavy atom. The summed E-state index contributed by atoms with van der Waals surface area (Å²) in [5.74, 6) is -1.96. The summed E-state index contributed by atoms with van der Waals surface area (Å²) < 4.78 is 28.6. The molecule has 1 heterocycles. The van der Waals surface area contributed by atoms with E-state index in [9.17, 15) is 23.1 Å². The van der Waals surface area contributed by atoms with E-state index in [0.29, 0.717) is 0 Å². The number of carboxylic acid groups (broad SMARTS) is 1. The molecule has 2 aromatic carbocycles. The van der Waals surface area contributed by atoms with Gasteiger partial charge in [0.05, 0.1) is 23.5 Å². The fourth-order valence-corrected chi connectivity index (χ4v) is 6.27. The second-order valence-corrected chi connectivity index (χ2v) is 10.4. The number of aliphatic carboxylic acids is 1. The smallest absolute Gasteiger partial charge is 0.407 e. The van der Waals surface area contributed by atoms with E-state index < -0.39 is 33.4 Å². The van der Waals surface area contributed by atoms with Crippen molar-refractivity contribution in [3.63, 3.8) is 0 Å². The largest absolute Gasteiger partial charge is 0.481 e. The van der Waals surface area contributed by atoms with Gasteiger partial charge < -0.3 is 15.2 Å². The van der Waals surface area contributed by atoms with Gasteiger partial charge in [-0.1, -0.05) is 48.5 Å². The van der Waals surface area contributed by atoms with Crippen molar-refractivity contribution in [3.05, 3.63) is 59.7 Å². The Balaban J connectivity index is 1.47. The van der Waals surface area contributed by atoms with Gasteiger partial charge in [0.2, 0.25) is 0 Å². The molecule has 2 aromatic rings. The third kappa shape index (κ3) is 3.79. The van der Waals surface area contributed by atoms with E-state index >= 15 is 0 Å². The van der Waals surface area contributed by atoms with E-state index in [-0.39, 0.29) is 30.5 Å². The van der Waals surface area contributed by atoms with Gasteiger partial charge in [-0.15, -0.1) is 0 Å². The van der Waals surface area contributed by atoms with Crippen molar-refractivity contribution in [1.82, 2.24) is 5.32 Å². The Morgan fingerprint density at radius 2 is 1.60 bits per heavy atom. The molecule has 1 saturated heterocycles. The Bertz CT molecular complexity index is 1050. The molecule has 158 valence electrons. The average molecular weight is 429 g/mol. The fourth-order valence-electron chi connectivity index (χ4n) is 4.40. The number of carbonyl (C=O) groups is 2. The first-order chi connectivity index (χ1) is 14.2. The summed E-state index contributed by atoms with van der Waals surface area (Å²) in [6.07, 6.45) is -1.12. The quantitative estimate of drug-likeness (QED) is 0.731. The second-order valence-electron chi connectivity index (χ2n) is 8.21. The molecule has 1 atom stereocenters. The molecule has 0 spiro atoms. The van der Waals surface area contributed by atoms with Crippen LogP contribution in [0.3, 0.4) is 0 Å². The number of hydrogen-bond acceptors (Lipinski definition) is 5. The summed E-state index contributed by atoms with van der Waals surface area (Å²) in [6.45, 7) is 1.66. The van der Waals surface area contributed by atoms with Crippen molar-refractivity contribution >= 4 is 21.9 Å². The minimum Gasteiger partial charge on any atom is -0.481 e. The highest BCUT2D eigenvalue weighted by molar-refractivity contribution is 7.92. The lowest BCUT2D eigenvalue weighted by molar-refractivity contribution is -0.139. The first kappa shape index (κ1) is 20.4. The number of hydrogen-bond donors (Lipinski definition) is 2. The number of carbonyl (C=O) groups excluding carboxylic acids is 1. The molecule has 4 rings (SSSR count). The van der Waals surface area contributed by atoms with Crippen molar-refractivity contribution in [2.24, 2.45) is 5.92 Å². The molecule has 8 heteroatoms. The number of benzene rings is 2. The van der Waals surface area contributed by atoms with E-state index in [0.717, 1.165) is 22.3 Å². The van der Waals surface area contributed by atoms with Gasteiger partial charge in [0, 0.05) is 11.8 Å². The molecule has 2 aliphatic rings. The Morgan fingerprint density at radius 1 is 1.07 bits per heavy atom. The van der Waals surface area contributed by atoms with Crippen LogP contribution in [-0.4, -0.2) is 49.2 Å². The molecule has 7 nitrogen and oxygen atoms in total. The lowest BCUT2D eigenvalue weighted by Gasteiger charge is -2.41. The summed E-state index contributed by atoms with van der Waals surface area (Å²) in [7, 11) is -3.16. The number of alkyl carbamates (subject to hydrolysis) is 1. The zero-order valence-corrected chi connectivity index (χ0v) is 17.3. The molecular formula is C22H23NO6S. The average Bonchev–Trinajstić information content (AvgIpc) is 2.98. The van der Waals surface area contributed by atoms with Gasteiger partial charge in [-0.2, -0.15) is 0 Å². The Labute approximate surface area is 175 Å². The van der Waals surface area contributed by atoms with Crippen molar-refractivity contribution in [1.29, 1.82) is 0 Å². The maximum Gasteiger partial charge on any atom is 0.407 e. The van der Waals surface area contributed by atoms with Crippen LogP contribution in [0.2, 0.25) is 0 Å². The highest BCUT2D eigenvalue weighted by Crippen LogP contribution is 2.44. The van der Waals surface area contributed by atoms with Gasteiger partial charge in [-0.05, 0) is 29.2 Å². The van der Waals surface area contributed by atoms with E-state index in [1.165, 1.54) is 0 Å². The third-order valence-corrected chi connectivity index (χ3v) is 7.88. The zero-order valence-electron chi connectivity index (χ0n) is 16.5. The minimum absolute atomic E-state index is 0.103. The van der Waals surface area contributed by atoms with E-state index in [2.05, 4.69) is 5.32 Å². The molecule has 1 fully saturated rings. The van der Waals surface area contributed by atoms with Gasteiger partial charge >= 0.3 is 12.1 Å². The van der Waals surface area contributed by atoms with Gasteiger partial charge in [-0.25, -0.2) is 13.2 Å². The second kappa shape index (κ2) is 7.43. The van der Waals surface area contributed by atoms with Crippen molar-refractivity contribution < 1.29 is 27.9 Å². The summed E-state index contributed by atoms with van der Waals surface area (Å²) in [4.78, 5) is 23.9. The van der Waals surface area contributed by atoms with Crippen molar-refractivity contribution in [2.75, 3.05) is 18.1 Å². The van der Waals surface area contributed by atoms with Crippen molar-refractivity contribution in [2.45, 2.75) is 24.8 Å². The van der Waals surface area contributed by atoms with Gasteiger partial charge in [0.15, 0.2) is 9.84 Å². The van der Waals surface area contributed by atoms with Crippen LogP contribution in [0.25, 0.3) is 11.1 Å². The molecule has 1 aliphatic heterocycles. The maximum atomic E-state index is 12.6. The lowest BCUT2D eigenvalue weighted by atomic mass is 9.84. The summed E-state index contributed by atoms with van der Waals surface area (Å²) in [6, 6.07) is 15.9. The molecule has 1 aliphatic carbocycles. The SMILES string of the molecule is CC(CC(=O)O)(NC(=O)OCC1c2ccccc2-c2ccccc21)C1CS(=O)(=O)C1. The molecule has 30 heavy (non-hydrogen) atoms. The van der Waals surface area contributed by atoms with E-state index in [4.69, 9.17) is 4.74 Å². The highest BCUT2D eigenvalue weighted by Gasteiger charge is 2.48. The number of carboxylic acids is 1. The molecule has 0 saturated carbocycles. The summed E-state index contributed by atoms with van der Waals surface area (Å²) >= 11 is 0. The first-order valence-corrected chi connectivity index (χ1v) is 11.6. The number of ether oxygens (including phenoxy) is 1. The lowest BCUT2D eigenvalue weighted by Crippen LogP contribution is -2.60. The van der Waals surface area contributed by atoms with Crippen LogP contribution in [0, 0.1) is 5.92 Å². The Hall–Kier alpha value is -2.87. The number of fused-ring (bicyclic) bond motifs is 3. The maximum absolute atomic E-state index is 12.6. The first-order valence-electron chi connectivity index (χ1n) is 9.74. The van der Waals surface area contributed by atoms with Gasteiger partial charge in [0.1, 0.15) is 6.61 Å². The monoisotopic (exact) mass is 429 g/mol. The summed E-state index contributed by atoms with van der Waals surface area (Å²) in [5.41, 5.74) is 3.17. The normalized spacial score (nSPS) is 19.1. The van der Waals surface area contributed by atoms with Crippen LogP contribution in [0.5, 0.6) is 0 Å². The van der Waals surface area contributed by atoms with Crippen LogP contribution in [0.1, 0.15) is 30.4 Å². The molecule has 1 amide bonds. The molecule has 2 N–H and O–H groups in total. The fraction of sp³-hybridized carbons (Fsp3) is 0.364. The molecule has 0 aromatic heterocycles. The van der Waals surface area contributed by atoms with Crippen LogP contribution in [-0.2, 0) is 19.4 Å². The number of sulfone groups is 1. The molecule has 0 radical (unpaired) electrons. The van der Waals surface area contributed by atoms with Gasteiger partial charge in [-0.3, -0.25) is 4.79 Å². The van der Waals surface area contributed by atoms with Crippen molar-refractivity contribution in [3.8, 4) is 11.1 Å². The van der Waals surface area contributed by atoms with Crippen LogP contribution >= 0.6 is 0 Å². The number of amides is 1. The zero-order chi connectivity index (χ0) is 21.5. The number of nitrogens with one attached hydrogen (secondary N) is 1. The van der Waals surface area contributed by atoms with E-state index in [1.807, 2.05) is 48.5 Å². The minimum atomic E-state index is -3.16. The highest BCUT2D eigenvalue weighted by atomic mass is 32.2. The predicted molar refractivity (Wildman–Crippen MR) is 111 cm³/mol. The molecule has 0 bridgehead atoms. The number of rotatable bonds is 6. The third-order valence-electron chi connectivity index (χ3n) is 6.06. The topological polar surface area (TPSA) is 110 Å². The molecule has 1 unspecified atom stereocenters. The van der Waals surface area contributed by atoms with Gasteiger partial charge in [0.25, 0.3) is 0 Å². The Kier molecular flexibility index (Phi) is 5.05. The predicted octanol–water partition coefficient (Wildman–Crippen LogP) is 2.80. The van der Waals surface area contributed by atoms with E-state index in [1.54, 1.807) is 6.92 Å². The molecular weight excluding hydrogens is 406 g/mol. The van der Waals surface area contributed by atoms with Crippen LogP contribution in [0.15, 0.2) is 48.5 Å². The van der Waals surface area contributed by atoms with Crippen LogP contribution < -0.4 is 5.32 Å². The van der Waals surface area contributed by atoms with Crippen LogP contribution in [0.4, 0.5) is 4.79 Å². The standard InChI is InChI=1S/C22H23NO6S/c1-22(10-20(24)25,14-12-30(27,28)13-14)23-21(26)29-11-19-17-8-4-2-6-15(17)16-7-3-5-9-18(16)19/h2-9,14,19H,10-13H2,1H3,(H,23,26)(H,24,25). The summed E-state index contributed by atoms with van der Waals surface area (Å²) in [5, 5.41) is 11.9.